The van der Waals surface area contributed by atoms with Crippen molar-refractivity contribution in [2.24, 2.45) is 5.73 Å². The minimum Gasteiger partial charge on any atom is -0.614 e. The minimum absolute atomic E-state index is 0.0545. The predicted octanol–water partition coefficient (Wildman–Crippen LogP) is 3.06. The van der Waals surface area contributed by atoms with E-state index in [1.165, 1.54) is 18.2 Å². The van der Waals surface area contributed by atoms with E-state index < -0.39 is 50.7 Å². The van der Waals surface area contributed by atoms with Crippen molar-refractivity contribution in [3.63, 3.8) is 0 Å². The maximum Gasteiger partial charge on any atom is 0.356 e. The molecule has 1 fully saturated rings. The molecule has 3 atom stereocenters. The number of rotatable bonds is 8. The van der Waals surface area contributed by atoms with Crippen LogP contribution in [0.1, 0.15) is 22.8 Å². The molecule has 0 radical (unpaired) electrons. The first-order valence-electron chi connectivity index (χ1n) is 12.3. The number of β-lactam (4-membered cyclic amide) rings is 1. The smallest absolute Gasteiger partial charge is 0.356 e. The van der Waals surface area contributed by atoms with Gasteiger partial charge in [-0.25, -0.2) is 4.79 Å². The SMILES string of the molecule is Cc1ccc(S(=O)(=O)O/C=C/C2=C(C(=O)OC(c3ccccc3)c3ccccc3)N3C(=O)C(N)C3[S+]([O-])C2)cc1. The second-order valence-electron chi connectivity index (χ2n) is 9.30. The topological polar surface area (TPSA) is 139 Å². The summed E-state index contributed by atoms with van der Waals surface area (Å²) in [7, 11) is -4.15. The van der Waals surface area contributed by atoms with Gasteiger partial charge in [-0.2, -0.15) is 8.42 Å². The van der Waals surface area contributed by atoms with Crippen LogP contribution in [-0.2, 0) is 39.8 Å². The van der Waals surface area contributed by atoms with Crippen LogP contribution in [-0.4, -0.2) is 46.9 Å². The number of nitrogens with two attached hydrogens (primary N) is 1. The van der Waals surface area contributed by atoms with Gasteiger partial charge in [0.1, 0.15) is 22.6 Å². The lowest BCUT2D eigenvalue weighted by Crippen LogP contribution is -2.73. The molecular weight excluding hydrogens is 552 g/mol. The normalized spacial score (nSPS) is 20.9. The summed E-state index contributed by atoms with van der Waals surface area (Å²) in [6.07, 6.45) is 1.31. The highest BCUT2D eigenvalue weighted by atomic mass is 32.2. The van der Waals surface area contributed by atoms with E-state index in [9.17, 15) is 22.6 Å². The molecule has 0 aliphatic carbocycles. The fourth-order valence-electron chi connectivity index (χ4n) is 4.51. The number of carbonyl (C=O) groups excluding carboxylic acids is 2. The van der Waals surface area contributed by atoms with Crippen molar-refractivity contribution < 1.29 is 31.5 Å². The van der Waals surface area contributed by atoms with Gasteiger partial charge in [-0.3, -0.25) is 9.69 Å². The summed E-state index contributed by atoms with van der Waals surface area (Å²) in [5.74, 6) is -1.58. The van der Waals surface area contributed by atoms with E-state index in [1.54, 1.807) is 12.1 Å². The number of aryl methyl sites for hydroxylation is 1. The second kappa shape index (κ2) is 11.3. The predicted molar refractivity (Wildman–Crippen MR) is 148 cm³/mol. The molecule has 0 saturated carbocycles. The summed E-state index contributed by atoms with van der Waals surface area (Å²) in [6.45, 7) is 1.82. The number of benzene rings is 3. The lowest BCUT2D eigenvalue weighted by molar-refractivity contribution is -0.153. The Balaban J connectivity index is 1.49. The average molecular weight is 579 g/mol. The number of nitrogens with zero attached hydrogens (tertiary/aromatic N) is 1. The third-order valence-electron chi connectivity index (χ3n) is 6.58. The van der Waals surface area contributed by atoms with Crippen LogP contribution in [0.25, 0.3) is 0 Å². The number of fused-ring (bicyclic) bond motifs is 1. The van der Waals surface area contributed by atoms with Crippen LogP contribution in [0, 0.1) is 6.92 Å². The van der Waals surface area contributed by atoms with Gasteiger partial charge in [-0.15, -0.1) is 0 Å². The Bertz CT molecular complexity index is 1530. The summed E-state index contributed by atoms with van der Waals surface area (Å²) in [5, 5.41) is -0.892. The first-order valence-corrected chi connectivity index (χ1v) is 15.1. The highest BCUT2D eigenvalue weighted by Gasteiger charge is 2.59. The molecule has 0 bridgehead atoms. The van der Waals surface area contributed by atoms with Gasteiger partial charge in [-0.05, 0) is 47.4 Å². The van der Waals surface area contributed by atoms with E-state index in [4.69, 9.17) is 14.7 Å². The van der Waals surface area contributed by atoms with E-state index in [2.05, 4.69) is 0 Å². The molecule has 3 aromatic carbocycles. The molecular formula is C29H26N2O7S2. The summed E-state index contributed by atoms with van der Waals surface area (Å²) in [6, 6.07) is 23.3. The summed E-state index contributed by atoms with van der Waals surface area (Å²) in [5.41, 5.74) is 8.17. The number of allylic oxidation sites excluding steroid dienone is 1. The third kappa shape index (κ3) is 5.41. The first kappa shape index (κ1) is 27.7. The zero-order valence-corrected chi connectivity index (χ0v) is 23.0. The van der Waals surface area contributed by atoms with Gasteiger partial charge in [0.2, 0.25) is 5.37 Å². The van der Waals surface area contributed by atoms with Crippen LogP contribution in [0.4, 0.5) is 0 Å². The van der Waals surface area contributed by atoms with Crippen LogP contribution in [0.5, 0.6) is 0 Å². The number of hydrogen-bond acceptors (Lipinski definition) is 8. The Morgan fingerprint density at radius 1 is 1.02 bits per heavy atom. The van der Waals surface area contributed by atoms with Gasteiger partial charge in [0.05, 0.1) is 0 Å². The van der Waals surface area contributed by atoms with Crippen molar-refractivity contribution in [3.05, 3.63) is 125 Å². The molecule has 0 spiro atoms. The van der Waals surface area contributed by atoms with Crippen molar-refractivity contribution in [2.45, 2.75) is 29.3 Å². The molecule has 2 aliphatic heterocycles. The number of esters is 1. The fraction of sp³-hybridized carbons (Fsp3) is 0.172. The molecule has 206 valence electrons. The van der Waals surface area contributed by atoms with Gasteiger partial charge >= 0.3 is 16.1 Å². The quantitative estimate of drug-likeness (QED) is 0.141. The minimum atomic E-state index is -4.15. The standard InChI is InChI=1S/C29H26N2O7S2/c1-19-12-14-23(15-13-19)40(35,36)37-17-16-22-18-39(34)28-24(30)27(32)31(28)25(22)29(33)38-26(20-8-4-2-5-9-20)21-10-6-3-7-11-21/h2-17,24,26,28H,18,30H2,1H3/b17-16+. The van der Waals surface area contributed by atoms with E-state index >= 15 is 0 Å². The Labute approximate surface area is 235 Å². The molecule has 1 saturated heterocycles. The Morgan fingerprint density at radius 2 is 1.60 bits per heavy atom. The molecule has 2 aliphatic rings. The van der Waals surface area contributed by atoms with Gasteiger partial charge in [0.25, 0.3) is 5.91 Å². The number of hydrogen-bond donors (Lipinski definition) is 1. The molecule has 1 amide bonds. The van der Waals surface area contributed by atoms with Crippen LogP contribution in [0.3, 0.4) is 0 Å². The van der Waals surface area contributed by atoms with Crippen LogP contribution >= 0.6 is 0 Å². The second-order valence-corrected chi connectivity index (χ2v) is 12.4. The Kier molecular flexibility index (Phi) is 7.81. The molecule has 3 aromatic rings. The third-order valence-corrected chi connectivity index (χ3v) is 9.43. The van der Waals surface area contributed by atoms with E-state index in [0.717, 1.165) is 16.7 Å². The van der Waals surface area contributed by atoms with Crippen molar-refractivity contribution >= 4 is 33.2 Å². The maximum absolute atomic E-state index is 13.7. The molecule has 40 heavy (non-hydrogen) atoms. The summed E-state index contributed by atoms with van der Waals surface area (Å²) >= 11 is -1.64. The number of amides is 1. The monoisotopic (exact) mass is 578 g/mol. The fourth-order valence-corrected chi connectivity index (χ4v) is 6.89. The molecule has 11 heteroatoms. The van der Waals surface area contributed by atoms with Crippen molar-refractivity contribution in [1.29, 1.82) is 0 Å². The largest absolute Gasteiger partial charge is 0.614 e. The molecule has 2 N–H and O–H groups in total. The first-order chi connectivity index (χ1) is 19.2. The number of carbonyl (C=O) groups is 2. The molecule has 3 unspecified atom stereocenters. The van der Waals surface area contributed by atoms with Crippen molar-refractivity contribution in [2.75, 3.05) is 5.75 Å². The average Bonchev–Trinajstić information content (AvgIpc) is 2.96. The van der Waals surface area contributed by atoms with Crippen LogP contribution in [0.2, 0.25) is 0 Å². The van der Waals surface area contributed by atoms with Crippen molar-refractivity contribution in [1.82, 2.24) is 4.90 Å². The summed E-state index contributed by atoms with van der Waals surface area (Å²) in [4.78, 5) is 27.5. The lowest BCUT2D eigenvalue weighted by atomic mass is 10.0. The van der Waals surface area contributed by atoms with E-state index in [-0.39, 0.29) is 21.9 Å². The van der Waals surface area contributed by atoms with Gasteiger partial charge in [0, 0.05) is 5.57 Å². The van der Waals surface area contributed by atoms with E-state index in [0.29, 0.717) is 11.1 Å². The van der Waals surface area contributed by atoms with Gasteiger partial charge in [-0.1, -0.05) is 78.4 Å². The van der Waals surface area contributed by atoms with Gasteiger partial charge < -0.3 is 19.2 Å². The van der Waals surface area contributed by atoms with Crippen LogP contribution < -0.4 is 5.73 Å². The zero-order chi connectivity index (χ0) is 28.4. The van der Waals surface area contributed by atoms with Crippen LogP contribution in [0.15, 0.2) is 113 Å². The highest BCUT2D eigenvalue weighted by molar-refractivity contribution is 7.92. The molecule has 5 rings (SSSR count). The molecule has 9 nitrogen and oxygen atoms in total. The number of ether oxygens (including phenoxy) is 1. The van der Waals surface area contributed by atoms with Gasteiger partial charge in [0.15, 0.2) is 12.1 Å². The molecule has 0 aromatic heterocycles. The Morgan fingerprint density at radius 3 is 2.17 bits per heavy atom. The molecule has 2 heterocycles. The maximum atomic E-state index is 13.7. The van der Waals surface area contributed by atoms with Crippen molar-refractivity contribution in [3.8, 4) is 0 Å². The Hall–Kier alpha value is -3.90. The highest BCUT2D eigenvalue weighted by Crippen LogP contribution is 2.38. The zero-order valence-electron chi connectivity index (χ0n) is 21.4. The lowest BCUT2D eigenvalue weighted by Gasteiger charge is -2.47. The summed E-state index contributed by atoms with van der Waals surface area (Å²) < 4.78 is 49.2. The van der Waals surface area contributed by atoms with E-state index in [1.807, 2.05) is 67.6 Å².